The fourth-order valence-electron chi connectivity index (χ4n) is 2.70. The Kier molecular flexibility index (Phi) is 6.28. The Labute approximate surface area is 127 Å². The Morgan fingerprint density at radius 3 is 2.29 bits per heavy atom. The number of rotatable bonds is 3. The van der Waals surface area contributed by atoms with Crippen molar-refractivity contribution in [3.05, 3.63) is 29.6 Å². The highest BCUT2D eigenvalue weighted by atomic mass is 35.5. The van der Waals surface area contributed by atoms with Crippen LogP contribution in [-0.2, 0) is 0 Å². The smallest absolute Gasteiger partial charge is 0.403 e. The van der Waals surface area contributed by atoms with Gasteiger partial charge < -0.3 is 10.5 Å². The van der Waals surface area contributed by atoms with Crippen molar-refractivity contribution in [2.45, 2.75) is 44.5 Å². The van der Waals surface area contributed by atoms with E-state index in [1.54, 1.807) is 0 Å². The van der Waals surface area contributed by atoms with E-state index in [2.05, 4.69) is 4.74 Å². The largest absolute Gasteiger partial charge is 0.573 e. The van der Waals surface area contributed by atoms with Gasteiger partial charge in [0.25, 0.3) is 0 Å². The summed E-state index contributed by atoms with van der Waals surface area (Å²) in [5, 5.41) is 0. The van der Waals surface area contributed by atoms with Crippen LogP contribution >= 0.6 is 12.4 Å². The van der Waals surface area contributed by atoms with E-state index in [0.29, 0.717) is 5.56 Å². The van der Waals surface area contributed by atoms with Crippen molar-refractivity contribution >= 4 is 12.4 Å². The molecule has 2 rings (SSSR count). The molecule has 0 bridgehead atoms. The molecule has 1 aromatic carbocycles. The van der Waals surface area contributed by atoms with Gasteiger partial charge in [0.2, 0.25) is 0 Å². The predicted molar refractivity (Wildman–Crippen MR) is 73.8 cm³/mol. The molecule has 0 spiro atoms. The minimum Gasteiger partial charge on any atom is -0.403 e. The number of benzene rings is 1. The van der Waals surface area contributed by atoms with E-state index in [0.717, 1.165) is 37.8 Å². The Balaban J connectivity index is 0.00000220. The molecule has 1 fully saturated rings. The summed E-state index contributed by atoms with van der Waals surface area (Å²) in [6.07, 6.45) is 0.420. The number of alkyl halides is 3. The van der Waals surface area contributed by atoms with Crippen LogP contribution < -0.4 is 10.5 Å². The Bertz CT molecular complexity index is 461. The number of hydrogen-bond donors (Lipinski definition) is 1. The maximum absolute atomic E-state index is 13.6. The minimum absolute atomic E-state index is 0. The van der Waals surface area contributed by atoms with Crippen molar-refractivity contribution < 1.29 is 22.3 Å². The fourth-order valence-corrected chi connectivity index (χ4v) is 2.70. The first-order valence-electron chi connectivity index (χ1n) is 6.67. The molecule has 7 heteroatoms. The summed E-state index contributed by atoms with van der Waals surface area (Å²) in [7, 11) is 0. The topological polar surface area (TPSA) is 35.2 Å². The van der Waals surface area contributed by atoms with Gasteiger partial charge in [-0.2, -0.15) is 0 Å². The highest BCUT2D eigenvalue weighted by Gasteiger charge is 2.32. The molecule has 2 N–H and O–H groups in total. The van der Waals surface area contributed by atoms with E-state index < -0.39 is 17.9 Å². The number of ether oxygens (including phenoxy) is 1. The van der Waals surface area contributed by atoms with Gasteiger partial charge in [-0.15, -0.1) is 25.6 Å². The summed E-state index contributed by atoms with van der Waals surface area (Å²) < 4.78 is 53.4. The second-order valence-corrected chi connectivity index (χ2v) is 5.16. The first-order chi connectivity index (χ1) is 9.37. The van der Waals surface area contributed by atoms with Gasteiger partial charge in [0, 0.05) is 6.04 Å². The van der Waals surface area contributed by atoms with Crippen LogP contribution in [0.4, 0.5) is 17.6 Å². The van der Waals surface area contributed by atoms with Gasteiger partial charge >= 0.3 is 6.36 Å². The summed E-state index contributed by atoms with van der Waals surface area (Å²) in [4.78, 5) is 0. The lowest BCUT2D eigenvalue weighted by atomic mass is 9.81. The average molecular weight is 328 g/mol. The van der Waals surface area contributed by atoms with Gasteiger partial charge in [0.15, 0.2) is 11.6 Å². The molecule has 1 aliphatic rings. The quantitative estimate of drug-likeness (QED) is 0.815. The van der Waals surface area contributed by atoms with Crippen LogP contribution in [0.15, 0.2) is 18.2 Å². The molecule has 1 aliphatic carbocycles. The first-order valence-corrected chi connectivity index (χ1v) is 6.67. The molecule has 2 nitrogen and oxygen atoms in total. The van der Waals surface area contributed by atoms with E-state index in [9.17, 15) is 17.6 Å². The summed E-state index contributed by atoms with van der Waals surface area (Å²) in [5.74, 6) is -1.60. The summed E-state index contributed by atoms with van der Waals surface area (Å²) >= 11 is 0. The number of hydrogen-bond acceptors (Lipinski definition) is 2. The molecular weight excluding hydrogens is 310 g/mol. The third-order valence-electron chi connectivity index (χ3n) is 3.72. The van der Waals surface area contributed by atoms with Gasteiger partial charge in [0.1, 0.15) is 0 Å². The van der Waals surface area contributed by atoms with Crippen molar-refractivity contribution in [1.29, 1.82) is 0 Å². The van der Waals surface area contributed by atoms with Crippen LogP contribution in [0.5, 0.6) is 5.75 Å². The molecule has 0 aliphatic heterocycles. The highest BCUT2D eigenvalue weighted by Crippen LogP contribution is 2.34. The molecule has 0 radical (unpaired) electrons. The molecular formula is C14H18ClF4NO. The number of nitrogens with two attached hydrogens (primary N) is 1. The Morgan fingerprint density at radius 1 is 1.14 bits per heavy atom. The van der Waals surface area contributed by atoms with Crippen LogP contribution in [0.2, 0.25) is 0 Å². The molecule has 0 amide bonds. The second-order valence-electron chi connectivity index (χ2n) is 5.16. The standard InChI is InChI=1S/C14H17F4NO.ClH/c15-11-8-10(6-7-12(11)20-14(16,17)18)13(19)9-4-2-1-3-5-9;/h6-9,13H,1-5,19H2;1H/t13-;/m0./s1. The zero-order valence-electron chi connectivity index (χ0n) is 11.3. The SMILES string of the molecule is Cl.N[C@H](c1ccc(OC(F)(F)F)c(F)c1)C1CCCCC1. The summed E-state index contributed by atoms with van der Waals surface area (Å²) in [6.45, 7) is 0. The van der Waals surface area contributed by atoms with Crippen LogP contribution in [0.25, 0.3) is 0 Å². The van der Waals surface area contributed by atoms with Crippen molar-refractivity contribution in [3.63, 3.8) is 0 Å². The van der Waals surface area contributed by atoms with E-state index in [1.807, 2.05) is 0 Å². The van der Waals surface area contributed by atoms with E-state index in [-0.39, 0.29) is 24.4 Å². The van der Waals surface area contributed by atoms with Gasteiger partial charge in [0.05, 0.1) is 0 Å². The molecule has 0 saturated heterocycles. The molecule has 1 saturated carbocycles. The fraction of sp³-hybridized carbons (Fsp3) is 0.571. The van der Waals surface area contributed by atoms with Gasteiger partial charge in [-0.1, -0.05) is 25.3 Å². The van der Waals surface area contributed by atoms with Crippen LogP contribution in [0.3, 0.4) is 0 Å². The van der Waals surface area contributed by atoms with Crippen LogP contribution in [0, 0.1) is 11.7 Å². The minimum atomic E-state index is -4.89. The van der Waals surface area contributed by atoms with Crippen LogP contribution in [0.1, 0.15) is 43.7 Å². The maximum atomic E-state index is 13.6. The average Bonchev–Trinajstić information content (AvgIpc) is 2.40. The van der Waals surface area contributed by atoms with Crippen molar-refractivity contribution in [2.75, 3.05) is 0 Å². The third-order valence-corrected chi connectivity index (χ3v) is 3.72. The lowest BCUT2D eigenvalue weighted by molar-refractivity contribution is -0.275. The van der Waals surface area contributed by atoms with E-state index in [1.165, 1.54) is 12.5 Å². The maximum Gasteiger partial charge on any atom is 0.573 e. The van der Waals surface area contributed by atoms with Gasteiger partial charge in [-0.3, -0.25) is 0 Å². The molecule has 0 unspecified atom stereocenters. The third kappa shape index (κ3) is 5.04. The lowest BCUT2D eigenvalue weighted by Crippen LogP contribution is -2.24. The van der Waals surface area contributed by atoms with E-state index >= 15 is 0 Å². The molecule has 1 atom stereocenters. The van der Waals surface area contributed by atoms with Crippen molar-refractivity contribution in [2.24, 2.45) is 11.7 Å². The monoisotopic (exact) mass is 327 g/mol. The van der Waals surface area contributed by atoms with E-state index in [4.69, 9.17) is 5.73 Å². The van der Waals surface area contributed by atoms with Gasteiger partial charge in [-0.05, 0) is 36.5 Å². The van der Waals surface area contributed by atoms with Crippen molar-refractivity contribution in [3.8, 4) is 5.75 Å². The van der Waals surface area contributed by atoms with Crippen molar-refractivity contribution in [1.82, 2.24) is 0 Å². The Morgan fingerprint density at radius 2 is 1.76 bits per heavy atom. The zero-order valence-corrected chi connectivity index (χ0v) is 12.1. The molecule has 0 heterocycles. The molecule has 1 aromatic rings. The predicted octanol–water partition coefficient (Wildman–Crippen LogP) is 4.73. The summed E-state index contributed by atoms with van der Waals surface area (Å²) in [5.41, 5.74) is 6.60. The van der Waals surface area contributed by atoms with Gasteiger partial charge in [-0.25, -0.2) is 4.39 Å². The molecule has 21 heavy (non-hydrogen) atoms. The summed E-state index contributed by atoms with van der Waals surface area (Å²) in [6, 6.07) is 3.09. The second kappa shape index (κ2) is 7.31. The highest BCUT2D eigenvalue weighted by molar-refractivity contribution is 5.85. The number of halogens is 5. The lowest BCUT2D eigenvalue weighted by Gasteiger charge is -2.28. The zero-order chi connectivity index (χ0) is 14.8. The first kappa shape index (κ1) is 18.0. The Hall–Kier alpha value is -1.01. The molecule has 120 valence electrons. The van der Waals surface area contributed by atoms with Crippen LogP contribution in [-0.4, -0.2) is 6.36 Å². The normalized spacial score (nSPS) is 18.0. The molecule has 0 aromatic heterocycles.